The highest BCUT2D eigenvalue weighted by atomic mass is 35.5. The van der Waals surface area contributed by atoms with Gasteiger partial charge in [-0.1, -0.05) is 35.9 Å². The molecule has 0 amide bonds. The number of carboxylic acids is 1. The number of carboxylic acid groups (broad SMARTS) is 1. The number of aromatic nitrogens is 1. The van der Waals surface area contributed by atoms with E-state index in [1.165, 1.54) is 6.07 Å². The monoisotopic (exact) mass is 283 g/mol. The number of fused-ring (bicyclic) bond motifs is 1. The molecule has 0 radical (unpaired) electrons. The highest BCUT2D eigenvalue weighted by Crippen LogP contribution is 2.31. The van der Waals surface area contributed by atoms with Gasteiger partial charge in [-0.25, -0.2) is 4.79 Å². The normalized spacial score (nSPS) is 10.7. The van der Waals surface area contributed by atoms with E-state index in [0.717, 1.165) is 16.5 Å². The van der Waals surface area contributed by atoms with Crippen molar-refractivity contribution in [2.24, 2.45) is 0 Å². The zero-order valence-corrected chi connectivity index (χ0v) is 11.1. The van der Waals surface area contributed by atoms with Crippen molar-refractivity contribution in [2.75, 3.05) is 0 Å². The van der Waals surface area contributed by atoms with Crippen LogP contribution in [0.15, 0.2) is 54.7 Å². The Labute approximate surface area is 120 Å². The number of pyridine rings is 1. The maximum absolute atomic E-state index is 11.4. The van der Waals surface area contributed by atoms with E-state index >= 15 is 0 Å². The van der Waals surface area contributed by atoms with E-state index in [9.17, 15) is 9.90 Å². The molecular weight excluding hydrogens is 274 g/mol. The van der Waals surface area contributed by atoms with Crippen molar-refractivity contribution in [3.05, 3.63) is 65.3 Å². The molecule has 20 heavy (non-hydrogen) atoms. The molecule has 0 saturated heterocycles. The first kappa shape index (κ1) is 12.6. The van der Waals surface area contributed by atoms with Gasteiger partial charge in [0.15, 0.2) is 0 Å². The number of carbonyl (C=O) groups is 1. The van der Waals surface area contributed by atoms with Crippen molar-refractivity contribution < 1.29 is 9.90 Å². The molecule has 1 aromatic heterocycles. The van der Waals surface area contributed by atoms with Gasteiger partial charge >= 0.3 is 5.97 Å². The van der Waals surface area contributed by atoms with Crippen molar-refractivity contribution in [3.63, 3.8) is 0 Å². The molecule has 3 rings (SSSR count). The molecular formula is C16H10ClNO2. The quantitative estimate of drug-likeness (QED) is 0.765. The Hall–Kier alpha value is -2.39. The second-order valence-corrected chi connectivity index (χ2v) is 4.81. The molecule has 0 spiro atoms. The summed E-state index contributed by atoms with van der Waals surface area (Å²) in [5, 5.41) is 10.8. The minimum Gasteiger partial charge on any atom is -0.478 e. The number of nitrogens with zero attached hydrogens (tertiary/aromatic N) is 1. The number of rotatable bonds is 2. The molecule has 0 aliphatic carbocycles. The molecule has 3 aromatic rings. The fourth-order valence-corrected chi connectivity index (χ4v) is 2.42. The average molecular weight is 284 g/mol. The van der Waals surface area contributed by atoms with Crippen molar-refractivity contribution in [1.82, 2.24) is 4.98 Å². The Morgan fingerprint density at radius 1 is 1.05 bits per heavy atom. The Morgan fingerprint density at radius 3 is 2.65 bits per heavy atom. The van der Waals surface area contributed by atoms with Crippen LogP contribution in [0, 0.1) is 0 Å². The Bertz CT molecular complexity index is 809. The third-order valence-electron chi connectivity index (χ3n) is 3.13. The van der Waals surface area contributed by atoms with Gasteiger partial charge in [0.05, 0.1) is 11.1 Å². The molecule has 2 aromatic carbocycles. The first-order chi connectivity index (χ1) is 9.66. The smallest absolute Gasteiger partial charge is 0.336 e. The third-order valence-corrected chi connectivity index (χ3v) is 3.37. The second-order valence-electron chi connectivity index (χ2n) is 4.38. The van der Waals surface area contributed by atoms with E-state index in [2.05, 4.69) is 4.98 Å². The van der Waals surface area contributed by atoms with Gasteiger partial charge in [-0.15, -0.1) is 0 Å². The summed E-state index contributed by atoms with van der Waals surface area (Å²) < 4.78 is 0. The van der Waals surface area contributed by atoms with Crippen molar-refractivity contribution in [3.8, 4) is 11.1 Å². The molecule has 0 unspecified atom stereocenters. The van der Waals surface area contributed by atoms with Crippen LogP contribution >= 0.6 is 11.6 Å². The van der Waals surface area contributed by atoms with Gasteiger partial charge in [0, 0.05) is 22.2 Å². The van der Waals surface area contributed by atoms with Crippen LogP contribution < -0.4 is 0 Å². The first-order valence-electron chi connectivity index (χ1n) is 6.04. The Balaban J connectivity index is 2.36. The molecule has 0 saturated carbocycles. The van der Waals surface area contributed by atoms with Gasteiger partial charge in [0.25, 0.3) is 0 Å². The minimum atomic E-state index is -0.982. The maximum atomic E-state index is 11.4. The van der Waals surface area contributed by atoms with Gasteiger partial charge in [0.1, 0.15) is 0 Å². The lowest BCUT2D eigenvalue weighted by Gasteiger charge is -2.09. The van der Waals surface area contributed by atoms with E-state index < -0.39 is 5.97 Å². The van der Waals surface area contributed by atoms with Crippen LogP contribution in [-0.2, 0) is 0 Å². The summed E-state index contributed by atoms with van der Waals surface area (Å²) in [4.78, 5) is 15.7. The van der Waals surface area contributed by atoms with Crippen LogP contribution in [0.4, 0.5) is 0 Å². The van der Waals surface area contributed by atoms with Crippen molar-refractivity contribution in [1.29, 1.82) is 0 Å². The summed E-state index contributed by atoms with van der Waals surface area (Å²) in [6.07, 6.45) is 1.69. The van der Waals surface area contributed by atoms with Crippen molar-refractivity contribution in [2.45, 2.75) is 0 Å². The van der Waals surface area contributed by atoms with Crippen LogP contribution in [0.1, 0.15) is 10.4 Å². The third kappa shape index (κ3) is 2.12. The van der Waals surface area contributed by atoms with E-state index in [1.54, 1.807) is 18.3 Å². The Morgan fingerprint density at radius 2 is 1.85 bits per heavy atom. The summed E-state index contributed by atoms with van der Waals surface area (Å²) in [5.74, 6) is -0.982. The van der Waals surface area contributed by atoms with Gasteiger partial charge in [-0.2, -0.15) is 0 Å². The van der Waals surface area contributed by atoms with E-state index in [1.807, 2.05) is 30.3 Å². The lowest BCUT2D eigenvalue weighted by atomic mass is 9.97. The van der Waals surface area contributed by atoms with Gasteiger partial charge in [0.2, 0.25) is 0 Å². The molecule has 0 aliphatic heterocycles. The number of aromatic carboxylic acids is 1. The molecule has 98 valence electrons. The second kappa shape index (κ2) is 4.94. The van der Waals surface area contributed by atoms with E-state index in [4.69, 9.17) is 11.6 Å². The summed E-state index contributed by atoms with van der Waals surface area (Å²) in [7, 11) is 0. The number of hydrogen-bond acceptors (Lipinski definition) is 2. The largest absolute Gasteiger partial charge is 0.478 e. The van der Waals surface area contributed by atoms with Crippen LogP contribution in [0.5, 0.6) is 0 Å². The molecule has 1 heterocycles. The molecule has 0 bridgehead atoms. The SMILES string of the molecule is O=C(O)c1ccc(Cl)cc1-c1cccc2cccnc12. The van der Waals surface area contributed by atoms with Gasteiger partial charge < -0.3 is 5.11 Å². The summed E-state index contributed by atoms with van der Waals surface area (Å²) in [6, 6.07) is 14.2. The van der Waals surface area contributed by atoms with Crippen LogP contribution in [0.25, 0.3) is 22.0 Å². The number of halogens is 1. The fourth-order valence-electron chi connectivity index (χ4n) is 2.25. The van der Waals surface area contributed by atoms with Crippen molar-refractivity contribution >= 4 is 28.5 Å². The number of para-hydroxylation sites is 1. The lowest BCUT2D eigenvalue weighted by molar-refractivity contribution is 0.0698. The van der Waals surface area contributed by atoms with Crippen LogP contribution in [0.2, 0.25) is 5.02 Å². The summed E-state index contributed by atoms with van der Waals surface area (Å²) in [5.41, 5.74) is 2.32. The lowest BCUT2D eigenvalue weighted by Crippen LogP contribution is -2.00. The molecule has 4 heteroatoms. The first-order valence-corrected chi connectivity index (χ1v) is 6.41. The summed E-state index contributed by atoms with van der Waals surface area (Å²) in [6.45, 7) is 0. The predicted molar refractivity (Wildman–Crippen MR) is 79.1 cm³/mol. The van der Waals surface area contributed by atoms with Crippen LogP contribution in [-0.4, -0.2) is 16.1 Å². The maximum Gasteiger partial charge on any atom is 0.336 e. The zero-order valence-electron chi connectivity index (χ0n) is 10.4. The zero-order chi connectivity index (χ0) is 14.1. The highest BCUT2D eigenvalue weighted by molar-refractivity contribution is 6.31. The summed E-state index contributed by atoms with van der Waals surface area (Å²) >= 11 is 6.01. The number of hydrogen-bond donors (Lipinski definition) is 1. The topological polar surface area (TPSA) is 50.2 Å². The minimum absolute atomic E-state index is 0.215. The molecule has 0 aliphatic rings. The van der Waals surface area contributed by atoms with Crippen LogP contribution in [0.3, 0.4) is 0 Å². The highest BCUT2D eigenvalue weighted by Gasteiger charge is 2.14. The molecule has 3 nitrogen and oxygen atoms in total. The van der Waals surface area contributed by atoms with E-state index in [0.29, 0.717) is 10.6 Å². The molecule has 0 fully saturated rings. The molecule has 0 atom stereocenters. The average Bonchev–Trinajstić information content (AvgIpc) is 2.46. The van der Waals surface area contributed by atoms with Gasteiger partial charge in [-0.05, 0) is 29.8 Å². The number of benzene rings is 2. The van der Waals surface area contributed by atoms with E-state index in [-0.39, 0.29) is 5.56 Å². The molecule has 1 N–H and O–H groups in total. The standard InChI is InChI=1S/C16H10ClNO2/c17-11-6-7-13(16(19)20)14(9-11)12-5-1-3-10-4-2-8-18-15(10)12/h1-9H,(H,19,20). The fraction of sp³-hybridized carbons (Fsp3) is 0. The Kier molecular flexibility index (Phi) is 3.12. The predicted octanol–water partition coefficient (Wildman–Crippen LogP) is 4.25. The van der Waals surface area contributed by atoms with Gasteiger partial charge in [-0.3, -0.25) is 4.98 Å².